The number of carbonyl (C=O) groups excluding carboxylic acids is 1. The minimum atomic E-state index is -0.982. The van der Waals surface area contributed by atoms with Gasteiger partial charge in [-0.25, -0.2) is 8.78 Å². The second kappa shape index (κ2) is 7.76. The van der Waals surface area contributed by atoms with Crippen molar-refractivity contribution in [1.29, 1.82) is 0 Å². The van der Waals surface area contributed by atoms with E-state index in [9.17, 15) is 13.6 Å². The molecule has 2 aliphatic heterocycles. The third kappa shape index (κ3) is 3.29. The predicted octanol–water partition coefficient (Wildman–Crippen LogP) is 5.00. The zero-order chi connectivity index (χ0) is 19.7. The lowest BCUT2D eigenvalue weighted by Gasteiger charge is -2.36. The first kappa shape index (κ1) is 19.3. The summed E-state index contributed by atoms with van der Waals surface area (Å²) >= 11 is 1.52. The van der Waals surface area contributed by atoms with Crippen molar-refractivity contribution in [1.82, 2.24) is 0 Å². The molecule has 4 rings (SSSR count). The lowest BCUT2D eigenvalue weighted by Crippen LogP contribution is -2.41. The smallest absolute Gasteiger partial charge is 0.169 e. The Morgan fingerprint density at radius 1 is 1.21 bits per heavy atom. The quantitative estimate of drug-likeness (QED) is 0.662. The molecule has 0 spiro atoms. The Kier molecular flexibility index (Phi) is 5.34. The standard InChI is InChI=1S/C22H21F2NO2S/c1-2-19-16-12-28-20(11-18(26)14-7-4-3-5-8-14)25-22(16,13-27-19)15-9-6-10-17(23)21(15)24/h3-10,16,19H,2,11-13H2,1H3/t16-,19-,22-/m1/s1. The summed E-state index contributed by atoms with van der Waals surface area (Å²) in [6.07, 6.45) is 0.861. The normalized spacial score (nSPS) is 26.6. The molecule has 28 heavy (non-hydrogen) atoms. The van der Waals surface area contributed by atoms with Crippen LogP contribution in [-0.2, 0) is 10.3 Å². The van der Waals surface area contributed by atoms with Crippen LogP contribution in [0.5, 0.6) is 0 Å². The molecule has 0 amide bonds. The summed E-state index contributed by atoms with van der Waals surface area (Å²) in [6.45, 7) is 2.21. The molecule has 2 aromatic rings. The molecule has 0 aromatic heterocycles. The van der Waals surface area contributed by atoms with Crippen LogP contribution >= 0.6 is 11.8 Å². The summed E-state index contributed by atoms with van der Waals surface area (Å²) < 4.78 is 34.6. The summed E-state index contributed by atoms with van der Waals surface area (Å²) in [5, 5.41) is 0.647. The Balaban J connectivity index is 1.73. The highest BCUT2D eigenvalue weighted by Gasteiger charge is 2.53. The number of rotatable bonds is 5. The van der Waals surface area contributed by atoms with Crippen LogP contribution in [0.1, 0.15) is 35.7 Å². The highest BCUT2D eigenvalue weighted by Crippen LogP contribution is 2.49. The Morgan fingerprint density at radius 3 is 2.75 bits per heavy atom. The number of nitrogens with zero attached hydrogens (tertiary/aromatic N) is 1. The fourth-order valence-electron chi connectivity index (χ4n) is 4.10. The van der Waals surface area contributed by atoms with Crippen LogP contribution in [0.25, 0.3) is 0 Å². The lowest BCUT2D eigenvalue weighted by atomic mass is 9.78. The summed E-state index contributed by atoms with van der Waals surface area (Å²) in [6, 6.07) is 13.2. The van der Waals surface area contributed by atoms with Gasteiger partial charge >= 0.3 is 0 Å². The zero-order valence-electron chi connectivity index (χ0n) is 15.5. The predicted molar refractivity (Wildman–Crippen MR) is 107 cm³/mol. The van der Waals surface area contributed by atoms with Gasteiger partial charge in [-0.2, -0.15) is 0 Å². The van der Waals surface area contributed by atoms with Crippen molar-refractivity contribution in [2.75, 3.05) is 12.4 Å². The fraction of sp³-hybridized carbons (Fsp3) is 0.364. The van der Waals surface area contributed by atoms with Crippen molar-refractivity contribution in [2.45, 2.75) is 31.4 Å². The molecule has 3 atom stereocenters. The summed E-state index contributed by atoms with van der Waals surface area (Å²) in [7, 11) is 0. The number of benzene rings is 2. The van der Waals surface area contributed by atoms with Crippen LogP contribution in [0.3, 0.4) is 0 Å². The average molecular weight is 401 g/mol. The number of Topliss-reactive ketones (excluding diaryl/α,β-unsaturated/α-hetero) is 1. The molecular weight excluding hydrogens is 380 g/mol. The van der Waals surface area contributed by atoms with Crippen molar-refractivity contribution in [3.05, 3.63) is 71.3 Å². The second-order valence-corrected chi connectivity index (χ2v) is 8.27. The Bertz CT molecular complexity index is 918. The average Bonchev–Trinajstić information content (AvgIpc) is 3.09. The third-order valence-electron chi connectivity index (χ3n) is 5.56. The molecule has 0 unspecified atom stereocenters. The Labute approximate surface area is 167 Å². The molecular formula is C22H21F2NO2S. The zero-order valence-corrected chi connectivity index (χ0v) is 16.3. The first-order chi connectivity index (χ1) is 13.5. The maximum atomic E-state index is 14.7. The molecule has 0 bridgehead atoms. The van der Waals surface area contributed by atoms with Crippen molar-refractivity contribution >= 4 is 22.6 Å². The van der Waals surface area contributed by atoms with Crippen LogP contribution in [0, 0.1) is 17.6 Å². The molecule has 0 saturated carbocycles. The Hall–Kier alpha value is -2.05. The van der Waals surface area contributed by atoms with E-state index in [2.05, 4.69) is 0 Å². The highest BCUT2D eigenvalue weighted by atomic mass is 32.2. The molecule has 2 aliphatic rings. The number of hydrogen-bond donors (Lipinski definition) is 0. The van der Waals surface area contributed by atoms with Gasteiger partial charge in [0, 0.05) is 22.8 Å². The summed E-state index contributed by atoms with van der Waals surface area (Å²) in [5.74, 6) is -1.20. The number of hydrogen-bond acceptors (Lipinski definition) is 4. The molecule has 1 fully saturated rings. The Morgan fingerprint density at radius 2 is 2.00 bits per heavy atom. The van der Waals surface area contributed by atoms with E-state index >= 15 is 0 Å². The van der Waals surface area contributed by atoms with Gasteiger partial charge in [-0.1, -0.05) is 49.4 Å². The van der Waals surface area contributed by atoms with Crippen LogP contribution in [0.15, 0.2) is 53.5 Å². The van der Waals surface area contributed by atoms with E-state index in [4.69, 9.17) is 9.73 Å². The third-order valence-corrected chi connectivity index (χ3v) is 6.66. The molecule has 146 valence electrons. The van der Waals surface area contributed by atoms with Gasteiger partial charge in [0.25, 0.3) is 0 Å². The molecule has 0 N–H and O–H groups in total. The number of carbonyl (C=O) groups is 1. The minimum Gasteiger partial charge on any atom is -0.375 e. The number of fused-ring (bicyclic) bond motifs is 1. The van der Waals surface area contributed by atoms with Crippen molar-refractivity contribution in [3.8, 4) is 0 Å². The first-order valence-electron chi connectivity index (χ1n) is 9.41. The monoisotopic (exact) mass is 401 g/mol. The molecule has 2 heterocycles. The van der Waals surface area contributed by atoms with Crippen LogP contribution in [-0.4, -0.2) is 29.3 Å². The molecule has 1 saturated heterocycles. The van der Waals surface area contributed by atoms with Gasteiger partial charge in [-0.05, 0) is 12.5 Å². The SMILES string of the molecule is CC[C@H]1OC[C@]2(c3cccc(F)c3F)N=C(CC(=O)c3ccccc3)SC[C@H]12. The number of ether oxygens (including phenoxy) is 1. The van der Waals surface area contributed by atoms with Crippen LogP contribution in [0.4, 0.5) is 8.78 Å². The number of halogens is 2. The topological polar surface area (TPSA) is 38.7 Å². The summed E-state index contributed by atoms with van der Waals surface area (Å²) in [4.78, 5) is 17.5. The van der Waals surface area contributed by atoms with Gasteiger partial charge in [-0.3, -0.25) is 9.79 Å². The summed E-state index contributed by atoms with van der Waals surface area (Å²) in [5.41, 5.74) is -0.142. The minimum absolute atomic E-state index is 0.0360. The maximum Gasteiger partial charge on any atom is 0.169 e. The maximum absolute atomic E-state index is 14.7. The van der Waals surface area contributed by atoms with Gasteiger partial charge in [0.15, 0.2) is 17.4 Å². The van der Waals surface area contributed by atoms with Crippen molar-refractivity contribution < 1.29 is 18.3 Å². The van der Waals surface area contributed by atoms with E-state index in [1.807, 2.05) is 25.1 Å². The van der Waals surface area contributed by atoms with E-state index in [1.54, 1.807) is 18.2 Å². The van der Waals surface area contributed by atoms with Gasteiger partial charge in [0.2, 0.25) is 0 Å². The van der Waals surface area contributed by atoms with Crippen LogP contribution in [0.2, 0.25) is 0 Å². The second-order valence-electron chi connectivity index (χ2n) is 7.17. The van der Waals surface area contributed by atoms with Gasteiger partial charge in [-0.15, -0.1) is 11.8 Å². The highest BCUT2D eigenvalue weighted by molar-refractivity contribution is 8.14. The largest absolute Gasteiger partial charge is 0.375 e. The molecule has 0 radical (unpaired) electrons. The number of ketones is 1. The van der Waals surface area contributed by atoms with Gasteiger partial charge < -0.3 is 4.74 Å². The van der Waals surface area contributed by atoms with Crippen molar-refractivity contribution in [2.24, 2.45) is 10.9 Å². The molecule has 0 aliphatic carbocycles. The number of thioether (sulfide) groups is 1. The van der Waals surface area contributed by atoms with Gasteiger partial charge in [0.1, 0.15) is 5.54 Å². The first-order valence-corrected chi connectivity index (χ1v) is 10.4. The van der Waals surface area contributed by atoms with Crippen LogP contribution < -0.4 is 0 Å². The van der Waals surface area contributed by atoms with E-state index in [0.29, 0.717) is 16.4 Å². The van der Waals surface area contributed by atoms with E-state index in [1.165, 1.54) is 17.8 Å². The lowest BCUT2D eigenvalue weighted by molar-refractivity contribution is 0.0903. The van der Waals surface area contributed by atoms with Gasteiger partial charge in [0.05, 0.1) is 24.2 Å². The van der Waals surface area contributed by atoms with E-state index < -0.39 is 17.2 Å². The van der Waals surface area contributed by atoms with E-state index in [-0.39, 0.29) is 36.4 Å². The number of aliphatic imine (C=N–C) groups is 1. The molecule has 2 aromatic carbocycles. The molecule has 3 nitrogen and oxygen atoms in total. The fourth-order valence-corrected chi connectivity index (χ4v) is 5.42. The van der Waals surface area contributed by atoms with E-state index in [0.717, 1.165) is 12.5 Å². The van der Waals surface area contributed by atoms with Crippen molar-refractivity contribution in [3.63, 3.8) is 0 Å². The molecule has 6 heteroatoms.